The molecule has 1 heterocycles. The van der Waals surface area contributed by atoms with Gasteiger partial charge in [0.1, 0.15) is 16.8 Å². The van der Waals surface area contributed by atoms with Crippen LogP contribution < -0.4 is 5.32 Å². The Balaban J connectivity index is 2.67. The van der Waals surface area contributed by atoms with Gasteiger partial charge in [-0.15, -0.1) is 0 Å². The molecule has 0 unspecified atom stereocenters. The third-order valence-electron chi connectivity index (χ3n) is 2.55. The van der Waals surface area contributed by atoms with Gasteiger partial charge in [-0.2, -0.15) is 13.2 Å². The zero-order chi connectivity index (χ0) is 14.6. The maximum atomic E-state index is 12.0. The van der Waals surface area contributed by atoms with Crippen LogP contribution in [-0.2, 0) is 0 Å². The fraction of sp³-hybridized carbons (Fsp3) is 0.667. The van der Waals surface area contributed by atoms with Gasteiger partial charge in [-0.3, -0.25) is 0 Å². The largest absolute Gasteiger partial charge is 0.389 e. The molecule has 0 aliphatic carbocycles. The van der Waals surface area contributed by atoms with Crippen LogP contribution in [-0.4, -0.2) is 22.7 Å². The SMILES string of the molecule is Cc1c(Cl)nc(C(C)C)nc1NCCCC(F)(F)F. The van der Waals surface area contributed by atoms with Gasteiger partial charge in [-0.25, -0.2) is 9.97 Å². The monoisotopic (exact) mass is 295 g/mol. The van der Waals surface area contributed by atoms with E-state index in [1.165, 1.54) is 0 Å². The molecule has 0 spiro atoms. The lowest BCUT2D eigenvalue weighted by Crippen LogP contribution is -2.13. The highest BCUT2D eigenvalue weighted by Gasteiger charge is 2.25. The lowest BCUT2D eigenvalue weighted by atomic mass is 10.2. The molecule has 0 saturated carbocycles. The number of halogens is 4. The molecule has 108 valence electrons. The highest BCUT2D eigenvalue weighted by molar-refractivity contribution is 6.30. The molecule has 7 heteroatoms. The maximum absolute atomic E-state index is 12.0. The molecule has 1 rings (SSSR count). The summed E-state index contributed by atoms with van der Waals surface area (Å²) in [5, 5.41) is 3.22. The van der Waals surface area contributed by atoms with Crippen LogP contribution in [0.15, 0.2) is 0 Å². The van der Waals surface area contributed by atoms with E-state index >= 15 is 0 Å². The van der Waals surface area contributed by atoms with E-state index in [0.717, 1.165) is 0 Å². The Hall–Kier alpha value is -1.04. The third kappa shape index (κ3) is 5.22. The summed E-state index contributed by atoms with van der Waals surface area (Å²) < 4.78 is 36.1. The van der Waals surface area contributed by atoms with Crippen LogP contribution >= 0.6 is 11.6 Å². The van der Waals surface area contributed by atoms with Gasteiger partial charge in [-0.05, 0) is 13.3 Å². The van der Waals surface area contributed by atoms with Gasteiger partial charge in [0.15, 0.2) is 0 Å². The number of nitrogens with one attached hydrogen (secondary N) is 1. The summed E-state index contributed by atoms with van der Waals surface area (Å²) in [6.45, 7) is 5.78. The van der Waals surface area contributed by atoms with Crippen LogP contribution in [0, 0.1) is 6.92 Å². The van der Waals surface area contributed by atoms with Gasteiger partial charge in [0.2, 0.25) is 0 Å². The van der Waals surface area contributed by atoms with Crippen LogP contribution in [0.25, 0.3) is 0 Å². The molecule has 1 N–H and O–H groups in total. The summed E-state index contributed by atoms with van der Waals surface area (Å²) in [5.74, 6) is 1.19. The smallest absolute Gasteiger partial charge is 0.370 e. The van der Waals surface area contributed by atoms with Crippen LogP contribution in [0.5, 0.6) is 0 Å². The van der Waals surface area contributed by atoms with Gasteiger partial charge in [0, 0.05) is 24.4 Å². The van der Waals surface area contributed by atoms with E-state index in [-0.39, 0.29) is 18.9 Å². The summed E-state index contributed by atoms with van der Waals surface area (Å²) in [7, 11) is 0. The quantitative estimate of drug-likeness (QED) is 0.649. The summed E-state index contributed by atoms with van der Waals surface area (Å²) in [6, 6.07) is 0. The Morgan fingerprint density at radius 2 is 1.89 bits per heavy atom. The van der Waals surface area contributed by atoms with Crippen molar-refractivity contribution in [3.63, 3.8) is 0 Å². The topological polar surface area (TPSA) is 37.8 Å². The fourth-order valence-electron chi connectivity index (χ4n) is 1.43. The molecule has 3 nitrogen and oxygen atoms in total. The molecular formula is C12H17ClF3N3. The summed E-state index contributed by atoms with van der Waals surface area (Å²) in [4.78, 5) is 8.41. The molecule has 1 aromatic rings. The molecule has 0 atom stereocenters. The zero-order valence-electron chi connectivity index (χ0n) is 11.1. The predicted molar refractivity (Wildman–Crippen MR) is 69.6 cm³/mol. The van der Waals surface area contributed by atoms with Crippen molar-refractivity contribution in [2.24, 2.45) is 0 Å². The fourth-order valence-corrected chi connectivity index (χ4v) is 1.61. The first-order valence-corrected chi connectivity index (χ1v) is 6.43. The van der Waals surface area contributed by atoms with E-state index in [0.29, 0.717) is 22.4 Å². The second-order valence-electron chi connectivity index (χ2n) is 4.65. The van der Waals surface area contributed by atoms with E-state index in [4.69, 9.17) is 11.6 Å². The van der Waals surface area contributed by atoms with E-state index in [1.807, 2.05) is 13.8 Å². The van der Waals surface area contributed by atoms with Gasteiger partial charge >= 0.3 is 6.18 Å². The van der Waals surface area contributed by atoms with Crippen LogP contribution in [0.4, 0.5) is 19.0 Å². The summed E-state index contributed by atoms with van der Waals surface area (Å²) >= 11 is 5.98. The minimum absolute atomic E-state index is 0.00156. The number of hydrogen-bond acceptors (Lipinski definition) is 3. The number of nitrogens with zero attached hydrogens (tertiary/aromatic N) is 2. The molecule has 0 aliphatic rings. The van der Waals surface area contributed by atoms with Crippen molar-refractivity contribution in [1.82, 2.24) is 9.97 Å². The second-order valence-corrected chi connectivity index (χ2v) is 5.00. The molecule has 1 aromatic heterocycles. The van der Waals surface area contributed by atoms with Crippen molar-refractivity contribution in [3.8, 4) is 0 Å². The highest BCUT2D eigenvalue weighted by Crippen LogP contribution is 2.24. The van der Waals surface area contributed by atoms with Gasteiger partial charge in [0.25, 0.3) is 0 Å². The first-order valence-electron chi connectivity index (χ1n) is 6.05. The molecule has 0 radical (unpaired) electrons. The first kappa shape index (κ1) is 16.0. The van der Waals surface area contributed by atoms with Crippen LogP contribution in [0.3, 0.4) is 0 Å². The van der Waals surface area contributed by atoms with Gasteiger partial charge in [0.05, 0.1) is 0 Å². The molecule has 0 saturated heterocycles. The van der Waals surface area contributed by atoms with E-state index in [9.17, 15) is 13.2 Å². The number of rotatable bonds is 5. The predicted octanol–water partition coefficient (Wildman–Crippen LogP) is 4.32. The Kier molecular flexibility index (Phi) is 5.40. The van der Waals surface area contributed by atoms with Crippen molar-refractivity contribution in [1.29, 1.82) is 0 Å². The average Bonchev–Trinajstić information content (AvgIpc) is 2.27. The molecule has 0 amide bonds. The van der Waals surface area contributed by atoms with Crippen LogP contribution in [0.2, 0.25) is 5.15 Å². The van der Waals surface area contributed by atoms with Gasteiger partial charge < -0.3 is 5.32 Å². The molecular weight excluding hydrogens is 279 g/mol. The Labute approximate surface area is 115 Å². The number of anilines is 1. The third-order valence-corrected chi connectivity index (χ3v) is 2.92. The standard InChI is InChI=1S/C12H17ClF3N3/c1-7(2)10-18-9(13)8(3)11(19-10)17-6-4-5-12(14,15)16/h7H,4-6H2,1-3H3,(H,17,18,19). The molecule has 0 aromatic carbocycles. The van der Waals surface area contributed by atoms with Crippen LogP contribution in [0.1, 0.15) is 44.0 Å². The van der Waals surface area contributed by atoms with Crippen molar-refractivity contribution in [2.45, 2.75) is 45.7 Å². The second kappa shape index (κ2) is 6.41. The van der Waals surface area contributed by atoms with Crippen molar-refractivity contribution < 1.29 is 13.2 Å². The van der Waals surface area contributed by atoms with E-state index < -0.39 is 12.6 Å². The lowest BCUT2D eigenvalue weighted by Gasteiger charge is -2.13. The molecule has 19 heavy (non-hydrogen) atoms. The van der Waals surface area contributed by atoms with Crippen molar-refractivity contribution in [3.05, 3.63) is 16.5 Å². The summed E-state index contributed by atoms with van der Waals surface area (Å²) in [6.07, 6.45) is -4.93. The highest BCUT2D eigenvalue weighted by atomic mass is 35.5. The number of alkyl halides is 3. The van der Waals surface area contributed by atoms with E-state index in [2.05, 4.69) is 15.3 Å². The van der Waals surface area contributed by atoms with Crippen molar-refractivity contribution in [2.75, 3.05) is 11.9 Å². The first-order chi connectivity index (χ1) is 8.70. The Bertz CT molecular complexity index is 433. The summed E-state index contributed by atoms with van der Waals surface area (Å²) in [5.41, 5.74) is 0.651. The minimum Gasteiger partial charge on any atom is -0.370 e. The zero-order valence-corrected chi connectivity index (χ0v) is 11.9. The normalized spacial score (nSPS) is 12.0. The number of hydrogen-bond donors (Lipinski definition) is 1. The van der Waals surface area contributed by atoms with Crippen molar-refractivity contribution >= 4 is 17.4 Å². The Morgan fingerprint density at radius 1 is 1.26 bits per heavy atom. The Morgan fingerprint density at radius 3 is 2.42 bits per heavy atom. The minimum atomic E-state index is -4.12. The molecule has 0 bridgehead atoms. The van der Waals surface area contributed by atoms with E-state index in [1.54, 1.807) is 6.92 Å². The average molecular weight is 296 g/mol. The lowest BCUT2D eigenvalue weighted by molar-refractivity contribution is -0.134. The maximum Gasteiger partial charge on any atom is 0.389 e. The molecule has 0 fully saturated rings. The van der Waals surface area contributed by atoms with Gasteiger partial charge in [-0.1, -0.05) is 25.4 Å². The molecule has 0 aliphatic heterocycles. The number of aromatic nitrogens is 2.